The molecule has 0 saturated carbocycles. The van der Waals surface area contributed by atoms with Gasteiger partial charge in [-0.05, 0) is 24.6 Å². The van der Waals surface area contributed by atoms with E-state index in [1.807, 2.05) is 30.3 Å². The summed E-state index contributed by atoms with van der Waals surface area (Å²) in [6, 6.07) is 15.5. The number of nitrogens with zero attached hydrogens (tertiary/aromatic N) is 1. The lowest BCUT2D eigenvalue weighted by Crippen LogP contribution is -2.11. The van der Waals surface area contributed by atoms with Gasteiger partial charge in [0.15, 0.2) is 5.13 Å². The summed E-state index contributed by atoms with van der Waals surface area (Å²) in [7, 11) is 0. The number of aromatic nitrogens is 1. The van der Waals surface area contributed by atoms with Crippen molar-refractivity contribution in [2.75, 3.05) is 5.32 Å². The first-order chi connectivity index (χ1) is 11.7. The van der Waals surface area contributed by atoms with Gasteiger partial charge in [-0.2, -0.15) is 0 Å². The Morgan fingerprint density at radius 1 is 1.17 bits per heavy atom. The van der Waals surface area contributed by atoms with Gasteiger partial charge in [0.1, 0.15) is 5.82 Å². The maximum atomic E-state index is 13.3. The molecule has 0 spiro atoms. The molecule has 0 unspecified atom stereocenters. The van der Waals surface area contributed by atoms with Crippen LogP contribution in [0.25, 0.3) is 11.3 Å². The zero-order valence-corrected chi connectivity index (χ0v) is 14.1. The predicted octanol–water partition coefficient (Wildman–Crippen LogP) is 5.15. The predicted molar refractivity (Wildman–Crippen MR) is 95.9 cm³/mol. The molecule has 122 valence electrons. The van der Waals surface area contributed by atoms with E-state index in [-0.39, 0.29) is 11.5 Å². The van der Waals surface area contributed by atoms with Crippen LogP contribution in [0.15, 0.2) is 54.6 Å². The Morgan fingerprint density at radius 2 is 1.96 bits per heavy atom. The number of thiazole rings is 1. The average Bonchev–Trinajstić information content (AvgIpc) is 2.98. The first-order valence-corrected chi connectivity index (χ1v) is 8.61. The van der Waals surface area contributed by atoms with Crippen LogP contribution in [0.2, 0.25) is 0 Å². The van der Waals surface area contributed by atoms with Gasteiger partial charge in [-0.15, -0.1) is 11.3 Å². The number of anilines is 1. The second-order valence-corrected chi connectivity index (χ2v) is 6.45. The van der Waals surface area contributed by atoms with Crippen molar-refractivity contribution in [3.05, 3.63) is 70.9 Å². The van der Waals surface area contributed by atoms with Crippen molar-refractivity contribution in [1.29, 1.82) is 0 Å². The standard InChI is InChI=1S/C19H17FN2OS/c1-2-7-16-17(13-8-4-3-5-9-13)21-19(24-16)22-18(23)14-10-6-11-15(20)12-14/h3-6,8-12H,2,7H2,1H3,(H,21,22,23). The molecule has 0 atom stereocenters. The van der Waals surface area contributed by atoms with Crippen LogP contribution in [0.5, 0.6) is 0 Å². The number of hydrogen-bond acceptors (Lipinski definition) is 3. The maximum Gasteiger partial charge on any atom is 0.257 e. The molecule has 24 heavy (non-hydrogen) atoms. The number of hydrogen-bond donors (Lipinski definition) is 1. The van der Waals surface area contributed by atoms with Crippen molar-refractivity contribution >= 4 is 22.4 Å². The first-order valence-electron chi connectivity index (χ1n) is 7.79. The summed E-state index contributed by atoms with van der Waals surface area (Å²) in [5.74, 6) is -0.788. The van der Waals surface area contributed by atoms with E-state index >= 15 is 0 Å². The van der Waals surface area contributed by atoms with Gasteiger partial charge in [-0.3, -0.25) is 10.1 Å². The van der Waals surface area contributed by atoms with Crippen molar-refractivity contribution in [1.82, 2.24) is 4.98 Å². The fourth-order valence-corrected chi connectivity index (χ4v) is 3.50. The van der Waals surface area contributed by atoms with Crippen molar-refractivity contribution in [2.45, 2.75) is 19.8 Å². The third-order valence-corrected chi connectivity index (χ3v) is 4.56. The lowest BCUT2D eigenvalue weighted by Gasteiger charge is -2.01. The minimum atomic E-state index is -0.432. The van der Waals surface area contributed by atoms with E-state index in [2.05, 4.69) is 17.2 Å². The van der Waals surface area contributed by atoms with Gasteiger partial charge in [0.2, 0.25) is 0 Å². The van der Waals surface area contributed by atoms with Crippen LogP contribution in [-0.2, 0) is 6.42 Å². The smallest absolute Gasteiger partial charge is 0.257 e. The Bertz CT molecular complexity index is 846. The fraction of sp³-hybridized carbons (Fsp3) is 0.158. The third-order valence-electron chi connectivity index (χ3n) is 3.53. The van der Waals surface area contributed by atoms with E-state index in [0.717, 1.165) is 29.0 Å². The number of carbonyl (C=O) groups is 1. The number of halogens is 1. The van der Waals surface area contributed by atoms with Crippen molar-refractivity contribution < 1.29 is 9.18 Å². The number of rotatable bonds is 5. The number of nitrogens with one attached hydrogen (secondary N) is 1. The maximum absolute atomic E-state index is 13.3. The number of aryl methyl sites for hydroxylation is 1. The Hall–Kier alpha value is -2.53. The Balaban J connectivity index is 1.88. The van der Waals surface area contributed by atoms with Gasteiger partial charge in [0, 0.05) is 16.0 Å². The molecule has 3 rings (SSSR count). The van der Waals surface area contributed by atoms with Crippen LogP contribution in [0.1, 0.15) is 28.6 Å². The summed E-state index contributed by atoms with van der Waals surface area (Å²) in [5, 5.41) is 3.31. The van der Waals surface area contributed by atoms with Crippen molar-refractivity contribution in [2.24, 2.45) is 0 Å². The van der Waals surface area contributed by atoms with Crippen molar-refractivity contribution in [3.8, 4) is 11.3 Å². The average molecular weight is 340 g/mol. The van der Waals surface area contributed by atoms with E-state index in [1.165, 1.54) is 29.5 Å². The monoisotopic (exact) mass is 340 g/mol. The summed E-state index contributed by atoms with van der Waals surface area (Å²) < 4.78 is 13.3. The summed E-state index contributed by atoms with van der Waals surface area (Å²) in [5.41, 5.74) is 2.21. The summed E-state index contributed by atoms with van der Waals surface area (Å²) in [6.07, 6.45) is 1.90. The van der Waals surface area contributed by atoms with Crippen LogP contribution in [-0.4, -0.2) is 10.9 Å². The molecule has 1 N–H and O–H groups in total. The molecular formula is C19H17FN2OS. The summed E-state index contributed by atoms with van der Waals surface area (Å²) >= 11 is 1.47. The highest BCUT2D eigenvalue weighted by atomic mass is 32.1. The molecule has 0 bridgehead atoms. The molecule has 0 aliphatic carbocycles. The highest BCUT2D eigenvalue weighted by Crippen LogP contribution is 2.32. The molecule has 1 heterocycles. The molecule has 5 heteroatoms. The lowest BCUT2D eigenvalue weighted by molar-refractivity contribution is 0.102. The molecule has 0 saturated heterocycles. The molecule has 0 aliphatic rings. The summed E-state index contributed by atoms with van der Waals surface area (Å²) in [6.45, 7) is 2.11. The first kappa shape index (κ1) is 16.3. The number of benzene rings is 2. The number of carbonyl (C=O) groups excluding carboxylic acids is 1. The van der Waals surface area contributed by atoms with Gasteiger partial charge in [-0.1, -0.05) is 49.7 Å². The van der Waals surface area contributed by atoms with Crippen LogP contribution in [0, 0.1) is 5.82 Å². The largest absolute Gasteiger partial charge is 0.298 e. The van der Waals surface area contributed by atoms with Gasteiger partial charge >= 0.3 is 0 Å². The Morgan fingerprint density at radius 3 is 2.67 bits per heavy atom. The van der Waals surface area contributed by atoms with Crippen LogP contribution in [0.3, 0.4) is 0 Å². The van der Waals surface area contributed by atoms with E-state index in [4.69, 9.17) is 0 Å². The van der Waals surface area contributed by atoms with Crippen LogP contribution < -0.4 is 5.32 Å². The molecule has 1 aromatic heterocycles. The van der Waals surface area contributed by atoms with Gasteiger partial charge in [0.25, 0.3) is 5.91 Å². The normalized spacial score (nSPS) is 10.6. The van der Waals surface area contributed by atoms with E-state index in [0.29, 0.717) is 5.13 Å². The molecule has 3 nitrogen and oxygen atoms in total. The fourth-order valence-electron chi connectivity index (χ4n) is 2.42. The molecule has 0 aliphatic heterocycles. The van der Waals surface area contributed by atoms with Gasteiger partial charge in [-0.25, -0.2) is 9.37 Å². The highest BCUT2D eigenvalue weighted by Gasteiger charge is 2.15. The SMILES string of the molecule is CCCc1sc(NC(=O)c2cccc(F)c2)nc1-c1ccccc1. The van der Waals surface area contributed by atoms with E-state index in [9.17, 15) is 9.18 Å². The van der Waals surface area contributed by atoms with Crippen LogP contribution in [0.4, 0.5) is 9.52 Å². The van der Waals surface area contributed by atoms with Crippen LogP contribution >= 0.6 is 11.3 Å². The van der Waals surface area contributed by atoms with E-state index in [1.54, 1.807) is 6.07 Å². The Kier molecular flexibility index (Phi) is 5.01. The highest BCUT2D eigenvalue weighted by molar-refractivity contribution is 7.16. The quantitative estimate of drug-likeness (QED) is 0.697. The number of amides is 1. The van der Waals surface area contributed by atoms with E-state index < -0.39 is 5.82 Å². The molecule has 2 aromatic carbocycles. The van der Waals surface area contributed by atoms with Gasteiger partial charge in [0.05, 0.1) is 5.69 Å². The third kappa shape index (κ3) is 3.68. The second-order valence-electron chi connectivity index (χ2n) is 5.37. The van der Waals surface area contributed by atoms with Crippen molar-refractivity contribution in [3.63, 3.8) is 0 Å². The topological polar surface area (TPSA) is 42.0 Å². The molecule has 0 radical (unpaired) electrons. The second kappa shape index (κ2) is 7.36. The summed E-state index contributed by atoms with van der Waals surface area (Å²) in [4.78, 5) is 18.0. The zero-order valence-electron chi connectivity index (χ0n) is 13.3. The molecule has 1 amide bonds. The Labute approximate surface area is 144 Å². The lowest BCUT2D eigenvalue weighted by atomic mass is 10.1. The minimum absolute atomic E-state index is 0.281. The zero-order chi connectivity index (χ0) is 16.9. The molecule has 3 aromatic rings. The molecular weight excluding hydrogens is 323 g/mol. The minimum Gasteiger partial charge on any atom is -0.298 e. The van der Waals surface area contributed by atoms with Gasteiger partial charge < -0.3 is 0 Å². The molecule has 0 fully saturated rings.